The molecule has 0 radical (unpaired) electrons. The predicted octanol–water partition coefficient (Wildman–Crippen LogP) is 2.46. The van der Waals surface area contributed by atoms with Crippen LogP contribution in [-0.4, -0.2) is 25.3 Å². The highest BCUT2D eigenvalue weighted by Gasteiger charge is 2.24. The molecule has 0 saturated carbocycles. The van der Waals surface area contributed by atoms with Crippen molar-refractivity contribution in [1.82, 2.24) is 5.32 Å². The fraction of sp³-hybridized carbons (Fsp3) is 0.412. The first kappa shape index (κ1) is 16.8. The average molecular weight is 314 g/mol. The van der Waals surface area contributed by atoms with Gasteiger partial charge in [-0.15, -0.1) is 0 Å². The first-order valence-corrected chi connectivity index (χ1v) is 7.46. The molecule has 5 nitrogen and oxygen atoms in total. The molecule has 0 bridgehead atoms. The third-order valence-corrected chi connectivity index (χ3v) is 3.57. The number of ether oxygens (including phenoxy) is 1. The molecule has 23 heavy (non-hydrogen) atoms. The van der Waals surface area contributed by atoms with Gasteiger partial charge in [-0.05, 0) is 31.5 Å². The van der Waals surface area contributed by atoms with E-state index in [-0.39, 0.29) is 23.6 Å². The molecule has 1 aliphatic rings. The Balaban J connectivity index is 2.05. The Morgan fingerprint density at radius 2 is 2.00 bits per heavy atom. The van der Waals surface area contributed by atoms with Crippen LogP contribution in [-0.2, 0) is 11.3 Å². The van der Waals surface area contributed by atoms with Gasteiger partial charge < -0.3 is 15.0 Å². The van der Waals surface area contributed by atoms with Crippen LogP contribution in [0.4, 0.5) is 10.1 Å². The number of hydrogen-bond donors (Lipinski definition) is 1. The molecule has 1 saturated heterocycles. The summed E-state index contributed by atoms with van der Waals surface area (Å²) >= 11 is 0. The van der Waals surface area contributed by atoms with Gasteiger partial charge in [-0.1, -0.05) is 6.07 Å². The number of nitrogens with one attached hydrogen (secondary N) is 1. The first-order valence-electron chi connectivity index (χ1n) is 7.46. The maximum absolute atomic E-state index is 14.4. The van der Waals surface area contributed by atoms with Crippen LogP contribution in [0.3, 0.4) is 0 Å². The normalized spacial score (nSPS) is 20.3. The van der Waals surface area contributed by atoms with E-state index in [0.717, 1.165) is 5.56 Å². The molecule has 0 spiro atoms. The molecule has 1 aliphatic heterocycles. The lowest BCUT2D eigenvalue weighted by molar-refractivity contribution is -0.00539. The molecule has 0 aliphatic carbocycles. The van der Waals surface area contributed by atoms with Gasteiger partial charge in [0.1, 0.15) is 23.5 Å². The van der Waals surface area contributed by atoms with Crippen molar-refractivity contribution < 1.29 is 9.13 Å². The van der Waals surface area contributed by atoms with Gasteiger partial charge in [0, 0.05) is 25.8 Å². The zero-order valence-electron chi connectivity index (χ0n) is 13.2. The van der Waals surface area contributed by atoms with Crippen molar-refractivity contribution in [3.63, 3.8) is 0 Å². The minimum atomic E-state index is -0.282. The molecule has 2 rings (SSSR count). The zero-order valence-corrected chi connectivity index (χ0v) is 13.2. The highest BCUT2D eigenvalue weighted by molar-refractivity contribution is 5.50. The summed E-state index contributed by atoms with van der Waals surface area (Å²) in [6, 6.07) is 8.58. The lowest BCUT2D eigenvalue weighted by atomic mass is 10.1. The second-order valence-corrected chi connectivity index (χ2v) is 5.61. The number of nitrogens with zero attached hydrogens (tertiary/aromatic N) is 3. The van der Waals surface area contributed by atoms with Crippen LogP contribution in [0.1, 0.15) is 19.4 Å². The Bertz CT molecular complexity index is 648. The van der Waals surface area contributed by atoms with E-state index in [4.69, 9.17) is 15.3 Å². The minimum absolute atomic E-state index is 0.0154. The van der Waals surface area contributed by atoms with Gasteiger partial charge in [-0.25, -0.2) is 4.39 Å². The number of hydrogen-bond acceptors (Lipinski definition) is 5. The SMILES string of the molecule is C[C@@H]1CN(c2ccc(CNC=C(C#N)C#N)cc2F)C[C@H](C)O1. The Morgan fingerprint density at radius 1 is 1.35 bits per heavy atom. The molecule has 2 atom stereocenters. The molecule has 0 unspecified atom stereocenters. The molecular weight excluding hydrogens is 295 g/mol. The van der Waals surface area contributed by atoms with E-state index < -0.39 is 0 Å². The van der Waals surface area contributed by atoms with E-state index in [9.17, 15) is 4.39 Å². The quantitative estimate of drug-likeness (QED) is 0.864. The lowest BCUT2D eigenvalue weighted by Crippen LogP contribution is -2.45. The summed E-state index contributed by atoms with van der Waals surface area (Å²) in [6.45, 7) is 5.63. The van der Waals surface area contributed by atoms with E-state index in [1.807, 2.05) is 24.8 Å². The van der Waals surface area contributed by atoms with Crippen LogP contribution in [0.2, 0.25) is 0 Å². The lowest BCUT2D eigenvalue weighted by Gasteiger charge is -2.37. The highest BCUT2D eigenvalue weighted by atomic mass is 19.1. The van der Waals surface area contributed by atoms with Crippen molar-refractivity contribution in [2.45, 2.75) is 32.6 Å². The standard InChI is InChI=1S/C17H19FN4O/c1-12-10-22(11-13(2)23-12)17-4-3-14(5-16(17)18)8-21-9-15(6-19)7-20/h3-5,9,12-13,21H,8,10-11H2,1-2H3/t12-,13+. The molecule has 1 N–H and O–H groups in total. The Labute approximate surface area is 135 Å². The summed E-state index contributed by atoms with van der Waals surface area (Å²) in [5.74, 6) is -0.282. The van der Waals surface area contributed by atoms with Crippen molar-refractivity contribution >= 4 is 5.69 Å². The fourth-order valence-corrected chi connectivity index (χ4v) is 2.65. The van der Waals surface area contributed by atoms with Crippen LogP contribution < -0.4 is 10.2 Å². The number of benzene rings is 1. The largest absolute Gasteiger partial charge is 0.385 e. The number of morpholine rings is 1. The Kier molecular flexibility index (Phi) is 5.56. The van der Waals surface area contributed by atoms with Gasteiger partial charge in [-0.2, -0.15) is 10.5 Å². The van der Waals surface area contributed by atoms with Gasteiger partial charge in [0.05, 0.1) is 17.9 Å². The molecule has 1 heterocycles. The van der Waals surface area contributed by atoms with Gasteiger partial charge in [0.2, 0.25) is 0 Å². The summed E-state index contributed by atoms with van der Waals surface area (Å²) in [6.07, 6.45) is 1.47. The van der Waals surface area contributed by atoms with Crippen LogP contribution in [0.5, 0.6) is 0 Å². The Hall–Kier alpha value is -2.57. The molecule has 0 aromatic heterocycles. The maximum atomic E-state index is 14.4. The summed E-state index contributed by atoms with van der Waals surface area (Å²) in [5.41, 5.74) is 1.30. The van der Waals surface area contributed by atoms with Gasteiger partial charge >= 0.3 is 0 Å². The van der Waals surface area contributed by atoms with Gasteiger partial charge in [-0.3, -0.25) is 0 Å². The van der Waals surface area contributed by atoms with Gasteiger partial charge in [0.25, 0.3) is 0 Å². The van der Waals surface area contributed by atoms with Crippen LogP contribution in [0.15, 0.2) is 30.0 Å². The van der Waals surface area contributed by atoms with Crippen molar-refractivity contribution in [2.24, 2.45) is 0 Å². The number of anilines is 1. The monoisotopic (exact) mass is 314 g/mol. The summed E-state index contributed by atoms with van der Waals surface area (Å²) in [5, 5.41) is 20.1. The number of halogens is 1. The van der Waals surface area contributed by atoms with E-state index >= 15 is 0 Å². The second kappa shape index (κ2) is 7.62. The molecular formula is C17H19FN4O. The molecule has 1 aromatic carbocycles. The minimum Gasteiger partial charge on any atom is -0.385 e. The molecule has 1 aromatic rings. The van der Waals surface area contributed by atoms with Crippen molar-refractivity contribution in [2.75, 3.05) is 18.0 Å². The topological polar surface area (TPSA) is 72.1 Å². The average Bonchev–Trinajstić information content (AvgIpc) is 2.50. The van der Waals surface area contributed by atoms with E-state index in [1.165, 1.54) is 12.3 Å². The number of nitriles is 2. The van der Waals surface area contributed by atoms with Crippen molar-refractivity contribution in [1.29, 1.82) is 10.5 Å². The van der Waals surface area contributed by atoms with E-state index in [1.54, 1.807) is 18.2 Å². The smallest absolute Gasteiger partial charge is 0.146 e. The van der Waals surface area contributed by atoms with Crippen LogP contribution in [0.25, 0.3) is 0 Å². The Morgan fingerprint density at radius 3 is 2.57 bits per heavy atom. The van der Waals surface area contributed by atoms with Gasteiger partial charge in [0.15, 0.2) is 0 Å². The molecule has 120 valence electrons. The van der Waals surface area contributed by atoms with Crippen molar-refractivity contribution in [3.05, 3.63) is 41.4 Å². The van der Waals surface area contributed by atoms with Crippen LogP contribution >= 0.6 is 0 Å². The van der Waals surface area contributed by atoms with E-state index in [0.29, 0.717) is 25.3 Å². The van der Waals surface area contributed by atoms with E-state index in [2.05, 4.69) is 5.32 Å². The summed E-state index contributed by atoms with van der Waals surface area (Å²) in [4.78, 5) is 1.99. The summed E-state index contributed by atoms with van der Waals surface area (Å²) in [7, 11) is 0. The van der Waals surface area contributed by atoms with Crippen LogP contribution in [0, 0.1) is 28.5 Å². The molecule has 6 heteroatoms. The maximum Gasteiger partial charge on any atom is 0.146 e. The third-order valence-electron chi connectivity index (χ3n) is 3.57. The first-order chi connectivity index (χ1) is 11.0. The zero-order chi connectivity index (χ0) is 16.8. The predicted molar refractivity (Wildman–Crippen MR) is 84.8 cm³/mol. The molecule has 1 fully saturated rings. The summed E-state index contributed by atoms with van der Waals surface area (Å²) < 4.78 is 20.0. The van der Waals surface area contributed by atoms with Crippen molar-refractivity contribution in [3.8, 4) is 12.1 Å². The molecule has 0 amide bonds. The second-order valence-electron chi connectivity index (χ2n) is 5.61. The fourth-order valence-electron chi connectivity index (χ4n) is 2.65. The number of rotatable bonds is 4. The highest BCUT2D eigenvalue weighted by Crippen LogP contribution is 2.24. The number of allylic oxidation sites excluding steroid dienone is 1. The third kappa shape index (κ3) is 4.45.